The van der Waals surface area contributed by atoms with Crippen molar-refractivity contribution in [2.45, 2.75) is 13.0 Å². The van der Waals surface area contributed by atoms with E-state index in [9.17, 15) is 9.18 Å². The van der Waals surface area contributed by atoms with E-state index in [1.807, 2.05) is 30.3 Å². The van der Waals surface area contributed by atoms with Gasteiger partial charge in [0.1, 0.15) is 24.6 Å². The Labute approximate surface area is 138 Å². The molecular weight excluding hydrogens is 309 g/mol. The minimum atomic E-state index is -0.359. The van der Waals surface area contributed by atoms with Gasteiger partial charge in [-0.15, -0.1) is 0 Å². The number of esters is 1. The van der Waals surface area contributed by atoms with E-state index in [1.165, 1.54) is 18.5 Å². The number of aromatic nitrogens is 2. The summed E-state index contributed by atoms with van der Waals surface area (Å²) < 4.78 is 18.6. The molecule has 0 atom stereocenters. The lowest BCUT2D eigenvalue weighted by atomic mass is 10.2. The molecule has 0 radical (unpaired) electrons. The van der Waals surface area contributed by atoms with Crippen molar-refractivity contribution >= 4 is 22.7 Å². The first-order valence-corrected chi connectivity index (χ1v) is 7.56. The Kier molecular flexibility index (Phi) is 4.96. The minimum Gasteiger partial charge on any atom is -0.461 e. The second-order valence-electron chi connectivity index (χ2n) is 5.21. The standard InChI is InChI=1S/C18H16FN3O2/c19-14-6-7-16-15(10-14)18(22-12-21-16)20-9-8-17(23)24-11-13-4-2-1-3-5-13/h1-7,10,12H,8-9,11H2,(H,20,21,22). The molecule has 0 bridgehead atoms. The summed E-state index contributed by atoms with van der Waals surface area (Å²) in [6.45, 7) is 0.595. The maximum atomic E-state index is 13.4. The molecule has 0 spiro atoms. The fraction of sp³-hybridized carbons (Fsp3) is 0.167. The summed E-state index contributed by atoms with van der Waals surface area (Å²) in [6.07, 6.45) is 1.59. The molecule has 1 aromatic heterocycles. The molecule has 24 heavy (non-hydrogen) atoms. The van der Waals surface area contributed by atoms with Crippen molar-refractivity contribution < 1.29 is 13.9 Å². The van der Waals surface area contributed by atoms with Crippen LogP contribution in [0.25, 0.3) is 10.9 Å². The number of halogens is 1. The van der Waals surface area contributed by atoms with Crippen LogP contribution in [-0.2, 0) is 16.1 Å². The van der Waals surface area contributed by atoms with E-state index in [4.69, 9.17) is 4.74 Å². The highest BCUT2D eigenvalue weighted by atomic mass is 19.1. The van der Waals surface area contributed by atoms with Gasteiger partial charge in [0, 0.05) is 11.9 Å². The molecule has 0 amide bonds. The van der Waals surface area contributed by atoms with E-state index >= 15 is 0 Å². The van der Waals surface area contributed by atoms with Crippen molar-refractivity contribution in [3.05, 3.63) is 66.2 Å². The number of carbonyl (C=O) groups is 1. The number of anilines is 1. The molecule has 122 valence electrons. The van der Waals surface area contributed by atoms with Crippen LogP contribution in [0.5, 0.6) is 0 Å². The molecule has 1 heterocycles. The summed E-state index contributed by atoms with van der Waals surface area (Å²) in [5.41, 5.74) is 1.58. The van der Waals surface area contributed by atoms with Crippen LogP contribution in [0.3, 0.4) is 0 Å². The van der Waals surface area contributed by atoms with Crippen LogP contribution >= 0.6 is 0 Å². The van der Waals surface area contributed by atoms with Gasteiger partial charge in [0.25, 0.3) is 0 Å². The van der Waals surface area contributed by atoms with Crippen LogP contribution in [0.1, 0.15) is 12.0 Å². The lowest BCUT2D eigenvalue weighted by Gasteiger charge is -2.08. The average molecular weight is 325 g/mol. The molecule has 0 aliphatic rings. The Balaban J connectivity index is 1.53. The summed E-state index contributed by atoms with van der Waals surface area (Å²) in [7, 11) is 0. The zero-order valence-electron chi connectivity index (χ0n) is 12.9. The van der Waals surface area contributed by atoms with E-state index in [0.29, 0.717) is 23.3 Å². The van der Waals surface area contributed by atoms with Crippen molar-refractivity contribution in [1.29, 1.82) is 0 Å². The Morgan fingerprint density at radius 2 is 1.96 bits per heavy atom. The molecule has 3 rings (SSSR count). The zero-order chi connectivity index (χ0) is 16.8. The first-order chi connectivity index (χ1) is 11.7. The van der Waals surface area contributed by atoms with Gasteiger partial charge in [0.15, 0.2) is 0 Å². The van der Waals surface area contributed by atoms with Gasteiger partial charge >= 0.3 is 5.97 Å². The number of hydrogen-bond acceptors (Lipinski definition) is 5. The van der Waals surface area contributed by atoms with Gasteiger partial charge in [-0.2, -0.15) is 0 Å². The third-order valence-electron chi connectivity index (χ3n) is 3.46. The van der Waals surface area contributed by atoms with Gasteiger partial charge in [-0.3, -0.25) is 4.79 Å². The largest absolute Gasteiger partial charge is 0.461 e. The maximum Gasteiger partial charge on any atom is 0.307 e. The van der Waals surface area contributed by atoms with Crippen molar-refractivity contribution in [3.8, 4) is 0 Å². The third-order valence-corrected chi connectivity index (χ3v) is 3.46. The van der Waals surface area contributed by atoms with E-state index in [1.54, 1.807) is 6.07 Å². The van der Waals surface area contributed by atoms with E-state index in [-0.39, 0.29) is 24.8 Å². The van der Waals surface area contributed by atoms with Crippen LogP contribution < -0.4 is 5.32 Å². The molecule has 5 nitrogen and oxygen atoms in total. The predicted molar refractivity (Wildman–Crippen MR) is 88.8 cm³/mol. The molecule has 6 heteroatoms. The molecule has 0 fully saturated rings. The lowest BCUT2D eigenvalue weighted by Crippen LogP contribution is -2.12. The Bertz CT molecular complexity index is 840. The van der Waals surface area contributed by atoms with Gasteiger partial charge in [0.2, 0.25) is 0 Å². The topological polar surface area (TPSA) is 64.1 Å². The van der Waals surface area contributed by atoms with Crippen molar-refractivity contribution in [2.24, 2.45) is 0 Å². The highest BCUT2D eigenvalue weighted by Crippen LogP contribution is 2.19. The number of rotatable bonds is 6. The molecular formula is C18H16FN3O2. The van der Waals surface area contributed by atoms with Gasteiger partial charge in [-0.1, -0.05) is 30.3 Å². The van der Waals surface area contributed by atoms with Gasteiger partial charge < -0.3 is 10.1 Å². The first kappa shape index (κ1) is 15.9. The zero-order valence-corrected chi connectivity index (χ0v) is 12.9. The summed E-state index contributed by atoms with van der Waals surface area (Å²) in [5, 5.41) is 3.60. The van der Waals surface area contributed by atoms with Crippen LogP contribution in [0.2, 0.25) is 0 Å². The van der Waals surface area contributed by atoms with Crippen LogP contribution in [-0.4, -0.2) is 22.5 Å². The first-order valence-electron chi connectivity index (χ1n) is 7.56. The molecule has 0 aliphatic heterocycles. The van der Waals surface area contributed by atoms with Crippen LogP contribution in [0.15, 0.2) is 54.9 Å². The molecule has 0 saturated carbocycles. The van der Waals surface area contributed by atoms with Gasteiger partial charge in [-0.05, 0) is 23.8 Å². The van der Waals surface area contributed by atoms with Gasteiger partial charge in [-0.25, -0.2) is 14.4 Å². The summed E-state index contributed by atoms with van der Waals surface area (Å²) >= 11 is 0. The molecule has 3 aromatic rings. The normalized spacial score (nSPS) is 10.5. The number of carbonyl (C=O) groups excluding carboxylic acids is 1. The fourth-order valence-electron chi connectivity index (χ4n) is 2.26. The Morgan fingerprint density at radius 1 is 1.12 bits per heavy atom. The predicted octanol–water partition coefficient (Wildman–Crippen LogP) is 3.31. The van der Waals surface area contributed by atoms with E-state index in [0.717, 1.165) is 5.56 Å². The lowest BCUT2D eigenvalue weighted by molar-refractivity contribution is -0.144. The van der Waals surface area contributed by atoms with E-state index < -0.39 is 0 Å². The monoisotopic (exact) mass is 325 g/mol. The average Bonchev–Trinajstić information content (AvgIpc) is 2.61. The fourth-order valence-corrected chi connectivity index (χ4v) is 2.26. The third kappa shape index (κ3) is 4.04. The summed E-state index contributed by atoms with van der Waals surface area (Å²) in [5.74, 6) is -0.172. The molecule has 0 aliphatic carbocycles. The summed E-state index contributed by atoms with van der Waals surface area (Å²) in [4.78, 5) is 19.9. The molecule has 0 unspecified atom stereocenters. The Hall–Kier alpha value is -3.02. The summed E-state index contributed by atoms with van der Waals surface area (Å²) in [6, 6.07) is 13.8. The van der Waals surface area contributed by atoms with E-state index in [2.05, 4.69) is 15.3 Å². The highest BCUT2D eigenvalue weighted by Gasteiger charge is 2.07. The number of fused-ring (bicyclic) bond motifs is 1. The maximum absolute atomic E-state index is 13.4. The minimum absolute atomic E-state index is 0.188. The van der Waals surface area contributed by atoms with Crippen LogP contribution in [0, 0.1) is 5.82 Å². The molecule has 2 aromatic carbocycles. The highest BCUT2D eigenvalue weighted by molar-refractivity contribution is 5.88. The smallest absolute Gasteiger partial charge is 0.307 e. The molecule has 0 saturated heterocycles. The second kappa shape index (κ2) is 7.50. The number of benzene rings is 2. The van der Waals surface area contributed by atoms with Gasteiger partial charge in [0.05, 0.1) is 11.9 Å². The number of hydrogen-bond donors (Lipinski definition) is 1. The Morgan fingerprint density at radius 3 is 2.79 bits per heavy atom. The number of ether oxygens (including phenoxy) is 1. The van der Waals surface area contributed by atoms with Crippen molar-refractivity contribution in [3.63, 3.8) is 0 Å². The number of nitrogens with one attached hydrogen (secondary N) is 1. The van der Waals surface area contributed by atoms with Crippen molar-refractivity contribution in [1.82, 2.24) is 9.97 Å². The second-order valence-corrected chi connectivity index (χ2v) is 5.21. The molecule has 1 N–H and O–H groups in total. The van der Waals surface area contributed by atoms with Crippen LogP contribution in [0.4, 0.5) is 10.2 Å². The number of nitrogens with zero attached hydrogens (tertiary/aromatic N) is 2. The quantitative estimate of drug-likeness (QED) is 0.704. The SMILES string of the molecule is O=C(CCNc1ncnc2ccc(F)cc12)OCc1ccccc1. The van der Waals surface area contributed by atoms with Crippen molar-refractivity contribution in [2.75, 3.05) is 11.9 Å².